The Morgan fingerprint density at radius 2 is 2.04 bits per heavy atom. The van der Waals surface area contributed by atoms with Gasteiger partial charge < -0.3 is 14.8 Å². The molecule has 1 N–H and O–H groups in total. The standard InChI is InChI=1S/C19H22N2O6S/c1-5-6-13-9-17(28-12(13)3)19(23)27-11(2)18(22)20-15-10-14(21(24)25)7-8-16(15)26-4/h7-11H,5-6H2,1-4H3,(H,20,22)/t11-/m1/s1. The average Bonchev–Trinajstić information content (AvgIpc) is 3.02. The minimum absolute atomic E-state index is 0.127. The van der Waals surface area contributed by atoms with Gasteiger partial charge in [-0.05, 0) is 38.0 Å². The van der Waals surface area contributed by atoms with Crippen molar-refractivity contribution in [1.82, 2.24) is 0 Å². The van der Waals surface area contributed by atoms with E-state index in [1.807, 2.05) is 6.92 Å². The lowest BCUT2D eigenvalue weighted by molar-refractivity contribution is -0.384. The minimum Gasteiger partial charge on any atom is -0.495 e. The molecule has 1 aromatic carbocycles. The first kappa shape index (κ1) is 21.4. The molecule has 0 unspecified atom stereocenters. The maximum atomic E-state index is 12.4. The Bertz CT molecular complexity index is 893. The zero-order valence-corrected chi connectivity index (χ0v) is 16.9. The van der Waals surface area contributed by atoms with Crippen molar-refractivity contribution in [3.63, 3.8) is 0 Å². The topological polar surface area (TPSA) is 108 Å². The summed E-state index contributed by atoms with van der Waals surface area (Å²) in [6, 6.07) is 5.63. The number of hydrogen-bond acceptors (Lipinski definition) is 7. The summed E-state index contributed by atoms with van der Waals surface area (Å²) in [5, 5.41) is 13.4. The number of aryl methyl sites for hydroxylation is 2. The van der Waals surface area contributed by atoms with Gasteiger partial charge in [0.1, 0.15) is 10.6 Å². The van der Waals surface area contributed by atoms with E-state index in [4.69, 9.17) is 9.47 Å². The average molecular weight is 406 g/mol. The van der Waals surface area contributed by atoms with Crippen LogP contribution in [0.15, 0.2) is 24.3 Å². The molecule has 1 atom stereocenters. The van der Waals surface area contributed by atoms with Crippen LogP contribution >= 0.6 is 11.3 Å². The van der Waals surface area contributed by atoms with Crippen LogP contribution in [0, 0.1) is 17.0 Å². The number of nitrogens with zero attached hydrogens (tertiary/aromatic N) is 1. The van der Waals surface area contributed by atoms with Crippen LogP contribution in [0.1, 0.15) is 40.4 Å². The van der Waals surface area contributed by atoms with E-state index in [1.54, 1.807) is 6.07 Å². The number of nitrogens with one attached hydrogen (secondary N) is 1. The molecule has 28 heavy (non-hydrogen) atoms. The van der Waals surface area contributed by atoms with Crippen LogP contribution in [-0.2, 0) is 16.0 Å². The third kappa shape index (κ3) is 5.07. The van der Waals surface area contributed by atoms with Gasteiger partial charge >= 0.3 is 5.97 Å². The Morgan fingerprint density at radius 3 is 2.64 bits per heavy atom. The molecule has 1 amide bonds. The van der Waals surface area contributed by atoms with Crippen LogP contribution in [0.5, 0.6) is 5.75 Å². The zero-order valence-electron chi connectivity index (χ0n) is 16.1. The predicted molar refractivity (Wildman–Crippen MR) is 106 cm³/mol. The summed E-state index contributed by atoms with van der Waals surface area (Å²) < 4.78 is 10.4. The lowest BCUT2D eigenvalue weighted by Gasteiger charge is -2.14. The zero-order chi connectivity index (χ0) is 20.8. The second kappa shape index (κ2) is 9.32. The highest BCUT2D eigenvalue weighted by Gasteiger charge is 2.23. The molecular weight excluding hydrogens is 384 g/mol. The first-order valence-electron chi connectivity index (χ1n) is 8.70. The molecular formula is C19H22N2O6S. The molecule has 9 heteroatoms. The maximum Gasteiger partial charge on any atom is 0.349 e. The van der Waals surface area contributed by atoms with Crippen molar-refractivity contribution < 1.29 is 24.0 Å². The number of non-ortho nitro benzene ring substituents is 1. The summed E-state index contributed by atoms with van der Waals surface area (Å²) in [5.41, 5.74) is 1.03. The number of methoxy groups -OCH3 is 1. The minimum atomic E-state index is -1.09. The molecule has 0 bridgehead atoms. The van der Waals surface area contributed by atoms with Crippen molar-refractivity contribution in [2.45, 2.75) is 39.7 Å². The van der Waals surface area contributed by atoms with Gasteiger partial charge in [-0.1, -0.05) is 13.3 Å². The summed E-state index contributed by atoms with van der Waals surface area (Å²) >= 11 is 1.33. The van der Waals surface area contributed by atoms with E-state index in [0.29, 0.717) is 4.88 Å². The van der Waals surface area contributed by atoms with E-state index in [9.17, 15) is 19.7 Å². The Morgan fingerprint density at radius 1 is 1.32 bits per heavy atom. The van der Waals surface area contributed by atoms with Crippen molar-refractivity contribution >= 4 is 34.6 Å². The number of esters is 1. The number of thiophene rings is 1. The monoisotopic (exact) mass is 406 g/mol. The quantitative estimate of drug-likeness (QED) is 0.401. The molecule has 1 aromatic heterocycles. The number of nitro groups is 1. The number of benzene rings is 1. The first-order chi connectivity index (χ1) is 13.3. The summed E-state index contributed by atoms with van der Waals surface area (Å²) in [7, 11) is 1.38. The van der Waals surface area contributed by atoms with E-state index >= 15 is 0 Å². The van der Waals surface area contributed by atoms with E-state index in [2.05, 4.69) is 12.2 Å². The maximum absolute atomic E-state index is 12.4. The fourth-order valence-electron chi connectivity index (χ4n) is 2.55. The lowest BCUT2D eigenvalue weighted by Crippen LogP contribution is -2.30. The van der Waals surface area contributed by atoms with Gasteiger partial charge in [0.05, 0.1) is 17.7 Å². The van der Waals surface area contributed by atoms with Gasteiger partial charge in [-0.2, -0.15) is 0 Å². The van der Waals surface area contributed by atoms with Crippen molar-refractivity contribution in [3.8, 4) is 5.75 Å². The van der Waals surface area contributed by atoms with Gasteiger partial charge in [-0.3, -0.25) is 14.9 Å². The molecule has 2 rings (SSSR count). The molecule has 0 saturated carbocycles. The molecule has 2 aromatic rings. The normalized spacial score (nSPS) is 11.6. The number of amides is 1. The van der Waals surface area contributed by atoms with E-state index in [1.165, 1.54) is 43.6 Å². The number of nitro benzene ring substituents is 1. The highest BCUT2D eigenvalue weighted by atomic mass is 32.1. The van der Waals surface area contributed by atoms with Gasteiger partial charge in [-0.15, -0.1) is 11.3 Å². The van der Waals surface area contributed by atoms with Gasteiger partial charge in [0.25, 0.3) is 11.6 Å². The number of anilines is 1. The molecule has 8 nitrogen and oxygen atoms in total. The molecule has 0 aliphatic carbocycles. The highest BCUT2D eigenvalue weighted by Crippen LogP contribution is 2.29. The highest BCUT2D eigenvalue weighted by molar-refractivity contribution is 7.14. The second-order valence-electron chi connectivity index (χ2n) is 6.12. The van der Waals surface area contributed by atoms with Crippen LogP contribution in [0.25, 0.3) is 0 Å². The predicted octanol–water partition coefficient (Wildman–Crippen LogP) is 4.11. The van der Waals surface area contributed by atoms with Crippen molar-refractivity contribution in [2.75, 3.05) is 12.4 Å². The number of carbonyl (C=O) groups is 2. The molecule has 150 valence electrons. The van der Waals surface area contributed by atoms with Crippen LogP contribution < -0.4 is 10.1 Å². The smallest absolute Gasteiger partial charge is 0.349 e. The molecule has 0 aliphatic heterocycles. The van der Waals surface area contributed by atoms with Crippen LogP contribution in [0.2, 0.25) is 0 Å². The Hall–Kier alpha value is -2.94. The third-order valence-corrected chi connectivity index (χ3v) is 5.12. The third-order valence-electron chi connectivity index (χ3n) is 4.05. The van der Waals surface area contributed by atoms with E-state index in [0.717, 1.165) is 23.3 Å². The largest absolute Gasteiger partial charge is 0.495 e. The molecule has 0 saturated heterocycles. The van der Waals surface area contributed by atoms with Crippen molar-refractivity contribution in [1.29, 1.82) is 0 Å². The summed E-state index contributed by atoms with van der Waals surface area (Å²) in [4.78, 5) is 36.6. The second-order valence-corrected chi connectivity index (χ2v) is 7.38. The Balaban J connectivity index is 2.08. The molecule has 0 spiro atoms. The summed E-state index contributed by atoms with van der Waals surface area (Å²) in [6.07, 6.45) is 0.752. The van der Waals surface area contributed by atoms with Crippen molar-refractivity contribution in [3.05, 3.63) is 49.7 Å². The van der Waals surface area contributed by atoms with Gasteiger partial charge in [-0.25, -0.2) is 4.79 Å². The Kier molecular flexibility index (Phi) is 7.11. The number of ether oxygens (including phenoxy) is 2. The SMILES string of the molecule is CCCc1cc(C(=O)O[C@H](C)C(=O)Nc2cc([N+](=O)[O-])ccc2OC)sc1C. The van der Waals surface area contributed by atoms with Gasteiger partial charge in [0.15, 0.2) is 6.10 Å². The molecule has 0 fully saturated rings. The molecule has 1 heterocycles. The number of rotatable bonds is 8. The van der Waals surface area contributed by atoms with Crippen LogP contribution in [0.3, 0.4) is 0 Å². The molecule has 0 radical (unpaired) electrons. The van der Waals surface area contributed by atoms with Crippen LogP contribution in [-0.4, -0.2) is 30.0 Å². The molecule has 0 aliphatic rings. The summed E-state index contributed by atoms with van der Waals surface area (Å²) in [6.45, 7) is 5.44. The number of carbonyl (C=O) groups excluding carboxylic acids is 2. The summed E-state index contributed by atoms with van der Waals surface area (Å²) in [5.74, 6) is -0.936. The van der Waals surface area contributed by atoms with E-state index < -0.39 is 22.9 Å². The fraction of sp³-hybridized carbons (Fsp3) is 0.368. The van der Waals surface area contributed by atoms with Gasteiger partial charge in [0.2, 0.25) is 0 Å². The van der Waals surface area contributed by atoms with Crippen LogP contribution in [0.4, 0.5) is 11.4 Å². The lowest BCUT2D eigenvalue weighted by atomic mass is 10.1. The first-order valence-corrected chi connectivity index (χ1v) is 9.52. The number of hydrogen-bond donors (Lipinski definition) is 1. The Labute approximate surface area is 166 Å². The fourth-order valence-corrected chi connectivity index (χ4v) is 3.51. The van der Waals surface area contributed by atoms with Crippen molar-refractivity contribution in [2.24, 2.45) is 0 Å². The van der Waals surface area contributed by atoms with E-state index in [-0.39, 0.29) is 17.1 Å². The van der Waals surface area contributed by atoms with Gasteiger partial charge in [0, 0.05) is 17.0 Å².